The maximum absolute atomic E-state index is 6.10. The number of hydrogen-bond acceptors (Lipinski definition) is 2. The Kier molecular flexibility index (Phi) is 2.30. The molecular formula is C14H19NO. The first kappa shape index (κ1) is 10.3. The fourth-order valence-corrected chi connectivity index (χ4v) is 3.12. The van der Waals surface area contributed by atoms with Crippen molar-refractivity contribution >= 4 is 0 Å². The second kappa shape index (κ2) is 3.57. The second-order valence-electron chi connectivity index (χ2n) is 5.12. The lowest BCUT2D eigenvalue weighted by Crippen LogP contribution is -2.40. The molecular weight excluding hydrogens is 198 g/mol. The predicted octanol–water partition coefficient (Wildman–Crippen LogP) is 2.22. The van der Waals surface area contributed by atoms with Crippen molar-refractivity contribution in [3.63, 3.8) is 0 Å². The van der Waals surface area contributed by atoms with Crippen molar-refractivity contribution in [1.29, 1.82) is 0 Å². The van der Waals surface area contributed by atoms with Crippen LogP contribution in [0.1, 0.15) is 36.5 Å². The highest BCUT2D eigenvalue weighted by molar-refractivity contribution is 5.41. The van der Waals surface area contributed by atoms with Gasteiger partial charge in [0, 0.05) is 19.0 Å². The minimum absolute atomic E-state index is 0.0133. The van der Waals surface area contributed by atoms with Gasteiger partial charge in [0.2, 0.25) is 0 Å². The van der Waals surface area contributed by atoms with Gasteiger partial charge in [-0.2, -0.15) is 0 Å². The third-order valence-electron chi connectivity index (χ3n) is 4.17. The molecule has 0 bridgehead atoms. The van der Waals surface area contributed by atoms with Crippen LogP contribution < -0.4 is 5.32 Å². The molecule has 1 aromatic rings. The van der Waals surface area contributed by atoms with Crippen LogP contribution in [0.3, 0.4) is 0 Å². The van der Waals surface area contributed by atoms with Crippen LogP contribution in [0.15, 0.2) is 18.2 Å². The molecule has 0 aromatic heterocycles. The lowest BCUT2D eigenvalue weighted by molar-refractivity contribution is -0.0521. The van der Waals surface area contributed by atoms with Crippen molar-refractivity contribution in [3.05, 3.63) is 34.9 Å². The lowest BCUT2D eigenvalue weighted by Gasteiger charge is -2.37. The molecule has 3 rings (SSSR count). The molecule has 2 heteroatoms. The number of rotatable bonds is 1. The molecule has 1 aromatic carbocycles. The Morgan fingerprint density at radius 3 is 3.19 bits per heavy atom. The molecule has 0 amide bonds. The van der Waals surface area contributed by atoms with Crippen LogP contribution in [-0.4, -0.2) is 18.7 Å². The second-order valence-corrected chi connectivity index (χ2v) is 5.12. The number of fused-ring (bicyclic) bond motifs is 3. The number of ether oxygens (including phenoxy) is 1. The van der Waals surface area contributed by atoms with Crippen LogP contribution in [0.25, 0.3) is 0 Å². The highest BCUT2D eigenvalue weighted by atomic mass is 16.5. The van der Waals surface area contributed by atoms with Crippen LogP contribution >= 0.6 is 0 Å². The molecule has 0 spiro atoms. The Morgan fingerprint density at radius 1 is 1.50 bits per heavy atom. The van der Waals surface area contributed by atoms with Crippen LogP contribution in [0, 0.1) is 0 Å². The zero-order valence-electron chi connectivity index (χ0n) is 10.0. The Labute approximate surface area is 97.0 Å². The summed E-state index contributed by atoms with van der Waals surface area (Å²) in [7, 11) is 0. The molecule has 0 unspecified atom stereocenters. The third-order valence-corrected chi connectivity index (χ3v) is 4.17. The van der Waals surface area contributed by atoms with E-state index in [1.54, 1.807) is 0 Å². The van der Waals surface area contributed by atoms with Gasteiger partial charge in [0.15, 0.2) is 0 Å². The molecule has 2 nitrogen and oxygen atoms in total. The Bertz CT molecular complexity index is 415. The van der Waals surface area contributed by atoms with Gasteiger partial charge in [-0.25, -0.2) is 0 Å². The van der Waals surface area contributed by atoms with E-state index < -0.39 is 0 Å². The van der Waals surface area contributed by atoms with Gasteiger partial charge < -0.3 is 10.1 Å². The molecule has 1 fully saturated rings. The summed E-state index contributed by atoms with van der Waals surface area (Å²) in [6, 6.07) is 6.71. The molecule has 0 radical (unpaired) electrons. The van der Waals surface area contributed by atoms with Crippen molar-refractivity contribution in [3.8, 4) is 0 Å². The van der Waals surface area contributed by atoms with Crippen molar-refractivity contribution in [2.45, 2.75) is 38.4 Å². The summed E-state index contributed by atoms with van der Waals surface area (Å²) in [6.07, 6.45) is 1.10. The summed E-state index contributed by atoms with van der Waals surface area (Å²) in [5.41, 5.74) is 4.42. The molecule has 2 heterocycles. The van der Waals surface area contributed by atoms with Gasteiger partial charge in [0.05, 0.1) is 12.2 Å². The van der Waals surface area contributed by atoms with E-state index in [1.807, 2.05) is 0 Å². The van der Waals surface area contributed by atoms with Crippen molar-refractivity contribution in [2.75, 3.05) is 13.1 Å². The number of aryl methyl sites for hydroxylation is 1. The van der Waals surface area contributed by atoms with Crippen molar-refractivity contribution in [2.24, 2.45) is 0 Å². The van der Waals surface area contributed by atoms with Crippen molar-refractivity contribution in [1.82, 2.24) is 5.32 Å². The number of nitrogens with one attached hydrogen (secondary N) is 1. The van der Waals surface area contributed by atoms with E-state index in [2.05, 4.69) is 37.4 Å². The van der Waals surface area contributed by atoms with Gasteiger partial charge in [0.1, 0.15) is 0 Å². The van der Waals surface area contributed by atoms with Gasteiger partial charge in [-0.3, -0.25) is 0 Å². The van der Waals surface area contributed by atoms with E-state index in [-0.39, 0.29) is 5.60 Å². The average Bonchev–Trinajstić information content (AvgIpc) is 2.70. The summed E-state index contributed by atoms with van der Waals surface area (Å²) in [6.45, 7) is 7.27. The molecule has 2 atom stereocenters. The molecule has 0 aliphatic carbocycles. The molecule has 16 heavy (non-hydrogen) atoms. The molecule has 1 N–H and O–H groups in total. The maximum Gasteiger partial charge on any atom is 0.0863 e. The summed E-state index contributed by atoms with van der Waals surface area (Å²) >= 11 is 0. The van der Waals surface area contributed by atoms with E-state index in [0.717, 1.165) is 26.1 Å². The van der Waals surface area contributed by atoms with Gasteiger partial charge in [0.25, 0.3) is 0 Å². The molecule has 2 aliphatic heterocycles. The normalized spacial score (nSPS) is 32.2. The Hall–Kier alpha value is -0.860. The predicted molar refractivity (Wildman–Crippen MR) is 64.6 cm³/mol. The average molecular weight is 217 g/mol. The summed E-state index contributed by atoms with van der Waals surface area (Å²) in [5, 5.41) is 3.46. The van der Waals surface area contributed by atoms with Crippen LogP contribution in [0.5, 0.6) is 0 Å². The van der Waals surface area contributed by atoms with E-state index in [1.165, 1.54) is 16.7 Å². The topological polar surface area (TPSA) is 21.3 Å². The lowest BCUT2D eigenvalue weighted by atomic mass is 9.80. The van der Waals surface area contributed by atoms with Crippen LogP contribution in [-0.2, 0) is 17.8 Å². The highest BCUT2D eigenvalue weighted by Gasteiger charge is 2.44. The summed E-state index contributed by atoms with van der Waals surface area (Å²) in [4.78, 5) is 0. The van der Waals surface area contributed by atoms with Gasteiger partial charge in [-0.05, 0) is 30.0 Å². The van der Waals surface area contributed by atoms with Crippen LogP contribution in [0.4, 0.5) is 0 Å². The first-order valence-corrected chi connectivity index (χ1v) is 6.20. The highest BCUT2D eigenvalue weighted by Crippen LogP contribution is 2.42. The zero-order chi connectivity index (χ0) is 11.2. The third kappa shape index (κ3) is 1.33. The van der Waals surface area contributed by atoms with E-state index in [0.29, 0.717) is 5.92 Å². The smallest absolute Gasteiger partial charge is 0.0863 e. The monoisotopic (exact) mass is 217 g/mol. The quantitative estimate of drug-likeness (QED) is 0.779. The number of hydrogen-bond donors (Lipinski definition) is 1. The molecule has 1 saturated heterocycles. The minimum atomic E-state index is 0.0133. The Morgan fingerprint density at radius 2 is 2.38 bits per heavy atom. The first-order chi connectivity index (χ1) is 7.74. The van der Waals surface area contributed by atoms with Gasteiger partial charge in [-0.1, -0.05) is 25.1 Å². The minimum Gasteiger partial charge on any atom is -0.369 e. The summed E-state index contributed by atoms with van der Waals surface area (Å²) in [5.74, 6) is 0.530. The fraction of sp³-hybridized carbons (Fsp3) is 0.571. The van der Waals surface area contributed by atoms with E-state index >= 15 is 0 Å². The first-order valence-electron chi connectivity index (χ1n) is 6.20. The standard InChI is InChI=1S/C14H19NO/c1-3-10-5-4-6-11-12(10)8-16-14(2)9-15-7-13(11)14/h4-6,13,15H,3,7-9H2,1-2H3/t13-,14+/m1/s1. The number of benzene rings is 1. The van der Waals surface area contributed by atoms with E-state index in [9.17, 15) is 0 Å². The summed E-state index contributed by atoms with van der Waals surface area (Å²) < 4.78 is 6.10. The largest absolute Gasteiger partial charge is 0.369 e. The van der Waals surface area contributed by atoms with E-state index in [4.69, 9.17) is 4.74 Å². The zero-order valence-corrected chi connectivity index (χ0v) is 10.0. The maximum atomic E-state index is 6.10. The molecule has 0 saturated carbocycles. The van der Waals surface area contributed by atoms with Gasteiger partial charge in [-0.15, -0.1) is 0 Å². The molecule has 2 aliphatic rings. The van der Waals surface area contributed by atoms with Crippen LogP contribution in [0.2, 0.25) is 0 Å². The fourth-order valence-electron chi connectivity index (χ4n) is 3.12. The Balaban J connectivity index is 2.10. The SMILES string of the molecule is CCc1cccc2c1CO[C@@]1(C)CNC[C@H]21. The van der Waals surface area contributed by atoms with Crippen molar-refractivity contribution < 1.29 is 4.74 Å². The molecule has 86 valence electrons. The van der Waals surface area contributed by atoms with Gasteiger partial charge >= 0.3 is 0 Å².